The second-order valence-corrected chi connectivity index (χ2v) is 5.12. The van der Waals surface area contributed by atoms with Crippen LogP contribution in [0.2, 0.25) is 5.02 Å². The fraction of sp³-hybridized carbons (Fsp3) is 0.538. The van der Waals surface area contributed by atoms with Gasteiger partial charge in [-0.2, -0.15) is 0 Å². The zero-order valence-electron chi connectivity index (χ0n) is 10.3. The highest BCUT2D eigenvalue weighted by molar-refractivity contribution is 6.31. The monoisotopic (exact) mass is 256 g/mol. The number of hydrogen-bond donors (Lipinski definition) is 1. The number of piperazine rings is 1. The summed E-state index contributed by atoms with van der Waals surface area (Å²) in [5, 5.41) is 4.00. The lowest BCUT2D eigenvalue weighted by atomic mass is 10.1. The Morgan fingerprint density at radius 2 is 2.29 bits per heavy atom. The van der Waals surface area contributed by atoms with E-state index in [0.29, 0.717) is 16.6 Å². The quantitative estimate of drug-likeness (QED) is 0.875. The van der Waals surface area contributed by atoms with Crippen LogP contribution in [0.3, 0.4) is 0 Å². The largest absolute Gasteiger partial charge is 0.314 e. The minimum absolute atomic E-state index is 0.174. The Kier molecular flexibility index (Phi) is 4.02. The predicted octanol–water partition coefficient (Wildman–Crippen LogP) is 2.58. The number of aryl methyl sites for hydroxylation is 1. The van der Waals surface area contributed by atoms with Crippen molar-refractivity contribution in [1.82, 2.24) is 10.2 Å². The third-order valence-electron chi connectivity index (χ3n) is 3.34. The highest BCUT2D eigenvalue weighted by Crippen LogP contribution is 2.22. The number of hydrogen-bond acceptors (Lipinski definition) is 2. The van der Waals surface area contributed by atoms with Crippen molar-refractivity contribution in [2.24, 2.45) is 0 Å². The topological polar surface area (TPSA) is 15.3 Å². The molecule has 0 spiro atoms. The smallest absolute Gasteiger partial charge is 0.126 e. The Morgan fingerprint density at radius 1 is 1.53 bits per heavy atom. The average molecular weight is 257 g/mol. The number of rotatable bonds is 2. The molecule has 1 aromatic rings. The van der Waals surface area contributed by atoms with Crippen LogP contribution in [0.1, 0.15) is 18.1 Å². The van der Waals surface area contributed by atoms with Gasteiger partial charge in [-0.1, -0.05) is 11.6 Å². The molecular formula is C13H18ClFN2. The minimum atomic E-state index is -0.174. The van der Waals surface area contributed by atoms with Crippen LogP contribution in [0.25, 0.3) is 0 Å². The van der Waals surface area contributed by atoms with Crippen LogP contribution in [0.5, 0.6) is 0 Å². The van der Waals surface area contributed by atoms with Crippen molar-refractivity contribution in [2.75, 3.05) is 19.6 Å². The molecule has 1 N–H and O–H groups in total. The molecule has 1 aliphatic rings. The van der Waals surface area contributed by atoms with Gasteiger partial charge >= 0.3 is 0 Å². The van der Waals surface area contributed by atoms with Crippen LogP contribution in [0.15, 0.2) is 12.1 Å². The van der Waals surface area contributed by atoms with Gasteiger partial charge in [0, 0.05) is 37.2 Å². The van der Waals surface area contributed by atoms with Crippen LogP contribution < -0.4 is 5.32 Å². The van der Waals surface area contributed by atoms with Crippen molar-refractivity contribution < 1.29 is 4.39 Å². The van der Waals surface area contributed by atoms with Crippen LogP contribution in [0.4, 0.5) is 4.39 Å². The fourth-order valence-corrected chi connectivity index (χ4v) is 2.42. The molecule has 1 fully saturated rings. The van der Waals surface area contributed by atoms with E-state index in [9.17, 15) is 4.39 Å². The van der Waals surface area contributed by atoms with Gasteiger partial charge in [0.05, 0.1) is 0 Å². The maximum Gasteiger partial charge on any atom is 0.126 e. The van der Waals surface area contributed by atoms with Crippen LogP contribution in [-0.4, -0.2) is 30.6 Å². The number of nitrogens with zero attached hydrogens (tertiary/aromatic N) is 1. The molecule has 1 aliphatic heterocycles. The van der Waals surface area contributed by atoms with E-state index in [4.69, 9.17) is 11.6 Å². The molecule has 0 aromatic heterocycles. The van der Waals surface area contributed by atoms with Crippen LogP contribution in [0, 0.1) is 12.7 Å². The first-order valence-corrected chi connectivity index (χ1v) is 6.35. The number of benzene rings is 1. The minimum Gasteiger partial charge on any atom is -0.314 e. The third-order valence-corrected chi connectivity index (χ3v) is 3.69. The lowest BCUT2D eigenvalue weighted by molar-refractivity contribution is 0.165. The first-order valence-electron chi connectivity index (χ1n) is 5.97. The first kappa shape index (κ1) is 12.8. The zero-order chi connectivity index (χ0) is 12.4. The van der Waals surface area contributed by atoms with Crippen LogP contribution >= 0.6 is 11.6 Å². The van der Waals surface area contributed by atoms with Gasteiger partial charge in [-0.3, -0.25) is 4.90 Å². The summed E-state index contributed by atoms with van der Waals surface area (Å²) in [5.41, 5.74) is 1.48. The van der Waals surface area contributed by atoms with E-state index in [1.54, 1.807) is 19.1 Å². The molecule has 4 heteroatoms. The highest BCUT2D eigenvalue weighted by Gasteiger charge is 2.19. The van der Waals surface area contributed by atoms with Gasteiger partial charge in [-0.25, -0.2) is 4.39 Å². The average Bonchev–Trinajstić information content (AvgIpc) is 2.29. The molecular weight excluding hydrogens is 239 g/mol. The molecule has 1 saturated heterocycles. The maximum atomic E-state index is 13.5. The summed E-state index contributed by atoms with van der Waals surface area (Å²) in [5.74, 6) is -0.174. The van der Waals surface area contributed by atoms with E-state index in [-0.39, 0.29) is 5.82 Å². The van der Waals surface area contributed by atoms with Gasteiger partial charge in [0.2, 0.25) is 0 Å². The van der Waals surface area contributed by atoms with Gasteiger partial charge in [-0.05, 0) is 37.1 Å². The summed E-state index contributed by atoms with van der Waals surface area (Å²) in [6.07, 6.45) is 0. The maximum absolute atomic E-state index is 13.5. The zero-order valence-corrected chi connectivity index (χ0v) is 11.0. The summed E-state index contributed by atoms with van der Waals surface area (Å²) in [4.78, 5) is 2.33. The van der Waals surface area contributed by atoms with E-state index in [1.807, 2.05) is 0 Å². The van der Waals surface area contributed by atoms with E-state index in [0.717, 1.165) is 31.7 Å². The molecule has 0 saturated carbocycles. The molecule has 1 heterocycles. The van der Waals surface area contributed by atoms with Crippen molar-refractivity contribution in [1.29, 1.82) is 0 Å². The molecule has 0 amide bonds. The second kappa shape index (κ2) is 5.34. The van der Waals surface area contributed by atoms with E-state index < -0.39 is 0 Å². The molecule has 2 nitrogen and oxygen atoms in total. The summed E-state index contributed by atoms with van der Waals surface area (Å²) >= 11 is 6.16. The first-order chi connectivity index (χ1) is 8.08. The van der Waals surface area contributed by atoms with Crippen molar-refractivity contribution in [3.8, 4) is 0 Å². The van der Waals surface area contributed by atoms with Gasteiger partial charge < -0.3 is 5.32 Å². The Labute approximate surface area is 107 Å². The molecule has 17 heavy (non-hydrogen) atoms. The molecule has 94 valence electrons. The lowest BCUT2D eigenvalue weighted by Gasteiger charge is -2.34. The molecule has 0 bridgehead atoms. The Hall–Kier alpha value is -0.640. The highest BCUT2D eigenvalue weighted by atomic mass is 35.5. The van der Waals surface area contributed by atoms with E-state index in [2.05, 4.69) is 17.1 Å². The molecule has 1 unspecified atom stereocenters. The second-order valence-electron chi connectivity index (χ2n) is 4.72. The summed E-state index contributed by atoms with van der Waals surface area (Å²) < 4.78 is 13.5. The molecule has 0 radical (unpaired) electrons. The SMILES string of the molecule is Cc1cc(Cl)c(CN2CCNCC2C)cc1F. The number of nitrogens with one attached hydrogen (secondary N) is 1. The molecule has 2 rings (SSSR count). The lowest BCUT2D eigenvalue weighted by Crippen LogP contribution is -2.49. The Bertz CT molecular complexity index is 409. The molecule has 1 atom stereocenters. The van der Waals surface area contributed by atoms with Crippen molar-refractivity contribution in [3.63, 3.8) is 0 Å². The summed E-state index contributed by atoms with van der Waals surface area (Å²) in [7, 11) is 0. The molecule has 0 aliphatic carbocycles. The summed E-state index contributed by atoms with van der Waals surface area (Å²) in [6, 6.07) is 3.73. The van der Waals surface area contributed by atoms with Gasteiger partial charge in [0.25, 0.3) is 0 Å². The van der Waals surface area contributed by atoms with E-state index in [1.165, 1.54) is 0 Å². The van der Waals surface area contributed by atoms with Crippen LogP contribution in [-0.2, 0) is 6.54 Å². The molecule has 1 aromatic carbocycles. The fourth-order valence-electron chi connectivity index (χ4n) is 2.15. The van der Waals surface area contributed by atoms with Crippen molar-refractivity contribution in [2.45, 2.75) is 26.4 Å². The Morgan fingerprint density at radius 3 is 3.00 bits per heavy atom. The predicted molar refractivity (Wildman–Crippen MR) is 68.9 cm³/mol. The van der Waals surface area contributed by atoms with Gasteiger partial charge in [-0.15, -0.1) is 0 Å². The van der Waals surface area contributed by atoms with Gasteiger partial charge in [0.1, 0.15) is 5.82 Å². The number of halogens is 2. The Balaban J connectivity index is 2.15. The third kappa shape index (κ3) is 2.97. The van der Waals surface area contributed by atoms with Crippen molar-refractivity contribution >= 4 is 11.6 Å². The van der Waals surface area contributed by atoms with E-state index >= 15 is 0 Å². The van der Waals surface area contributed by atoms with Crippen molar-refractivity contribution in [3.05, 3.63) is 34.1 Å². The summed E-state index contributed by atoms with van der Waals surface area (Å²) in [6.45, 7) is 7.57. The normalized spacial score (nSPS) is 21.8. The standard InChI is InChI=1S/C13H18ClFN2/c1-9-5-12(14)11(6-13(9)15)8-17-4-3-16-7-10(17)2/h5-6,10,16H,3-4,7-8H2,1-2H3. The van der Waals surface area contributed by atoms with Gasteiger partial charge in [0.15, 0.2) is 0 Å².